The maximum Gasteiger partial charge on any atom is 0.0596 e. The van der Waals surface area contributed by atoms with Gasteiger partial charge in [-0.3, -0.25) is 0 Å². The van der Waals surface area contributed by atoms with E-state index in [1.165, 1.54) is 57.1 Å². The molecular weight excluding hydrogens is 292 g/mol. The topological polar surface area (TPSA) is 18.5 Å². The summed E-state index contributed by atoms with van der Waals surface area (Å²) in [7, 11) is 1.87. The number of thioether (sulfide) groups is 1. The number of ether oxygens (including phenoxy) is 2. The van der Waals surface area contributed by atoms with Crippen molar-refractivity contribution in [3.63, 3.8) is 0 Å². The summed E-state index contributed by atoms with van der Waals surface area (Å²) in [5.74, 6) is 3.11. The largest absolute Gasteiger partial charge is 0.381 e. The Morgan fingerprint density at radius 3 is 1.82 bits per heavy atom. The van der Waals surface area contributed by atoms with Crippen LogP contribution in [0.15, 0.2) is 0 Å². The summed E-state index contributed by atoms with van der Waals surface area (Å²) in [6.07, 6.45) is 11.7. The molecule has 3 fully saturated rings. The number of methoxy groups -OCH3 is 1. The zero-order valence-corrected chi connectivity index (χ0v) is 15.5. The van der Waals surface area contributed by atoms with Gasteiger partial charge in [0, 0.05) is 18.1 Å². The first kappa shape index (κ1) is 17.1. The first-order chi connectivity index (χ1) is 10.6. The zero-order valence-electron chi connectivity index (χ0n) is 14.7. The Labute approximate surface area is 141 Å². The first-order valence-corrected chi connectivity index (χ1v) is 10.4. The summed E-state index contributed by atoms with van der Waals surface area (Å²) >= 11 is 2.05. The molecule has 1 atom stereocenters. The fourth-order valence-corrected chi connectivity index (χ4v) is 5.16. The minimum Gasteiger partial charge on any atom is -0.381 e. The molecule has 1 heterocycles. The van der Waals surface area contributed by atoms with Gasteiger partial charge in [0.15, 0.2) is 0 Å². The second-order valence-corrected chi connectivity index (χ2v) is 9.63. The van der Waals surface area contributed by atoms with E-state index in [1.807, 2.05) is 18.9 Å². The molecule has 2 nitrogen and oxygen atoms in total. The second kappa shape index (κ2) is 7.44. The molecule has 2 aliphatic carbocycles. The zero-order chi connectivity index (χ0) is 15.6. The van der Waals surface area contributed by atoms with Crippen LogP contribution >= 0.6 is 11.8 Å². The molecule has 1 aliphatic heterocycles. The van der Waals surface area contributed by atoms with Crippen molar-refractivity contribution in [1.29, 1.82) is 0 Å². The van der Waals surface area contributed by atoms with Gasteiger partial charge in [0.2, 0.25) is 0 Å². The lowest BCUT2D eigenvalue weighted by Gasteiger charge is -2.46. The van der Waals surface area contributed by atoms with Gasteiger partial charge >= 0.3 is 0 Å². The van der Waals surface area contributed by atoms with Crippen LogP contribution in [0, 0.1) is 17.3 Å². The van der Waals surface area contributed by atoms with Crippen LogP contribution in [0.3, 0.4) is 0 Å². The van der Waals surface area contributed by atoms with Gasteiger partial charge in [0.1, 0.15) is 0 Å². The quantitative estimate of drug-likeness (QED) is 0.646. The maximum atomic E-state index is 6.10. The molecule has 0 aromatic heterocycles. The lowest BCUT2D eigenvalue weighted by Crippen LogP contribution is -2.39. The van der Waals surface area contributed by atoms with Crippen molar-refractivity contribution in [3.8, 4) is 0 Å². The van der Waals surface area contributed by atoms with Crippen LogP contribution < -0.4 is 0 Å². The van der Waals surface area contributed by atoms with Crippen LogP contribution in [0.1, 0.15) is 65.2 Å². The molecule has 0 spiro atoms. The van der Waals surface area contributed by atoms with Gasteiger partial charge < -0.3 is 9.47 Å². The molecular formula is C19H34O2S. The molecule has 128 valence electrons. The summed E-state index contributed by atoms with van der Waals surface area (Å²) in [6.45, 7) is 6.08. The van der Waals surface area contributed by atoms with Gasteiger partial charge in [-0.25, -0.2) is 0 Å². The van der Waals surface area contributed by atoms with E-state index in [2.05, 4.69) is 13.8 Å². The van der Waals surface area contributed by atoms with E-state index in [1.54, 1.807) is 0 Å². The third-order valence-electron chi connectivity index (χ3n) is 6.71. The van der Waals surface area contributed by atoms with Gasteiger partial charge in [-0.15, -0.1) is 0 Å². The first-order valence-electron chi connectivity index (χ1n) is 9.35. The van der Waals surface area contributed by atoms with Crippen molar-refractivity contribution >= 4 is 11.8 Å². The monoisotopic (exact) mass is 326 g/mol. The number of hydrogen-bond acceptors (Lipinski definition) is 3. The number of rotatable bonds is 6. The van der Waals surface area contributed by atoms with Gasteiger partial charge in [-0.1, -0.05) is 13.8 Å². The minimum absolute atomic E-state index is 0.496. The Bertz CT molecular complexity index is 337. The second-order valence-electron chi connectivity index (χ2n) is 8.29. The third-order valence-corrected chi connectivity index (χ3v) is 7.65. The minimum atomic E-state index is 0.496. The average Bonchev–Trinajstić information content (AvgIpc) is 3.38. The molecule has 0 radical (unpaired) electrons. The van der Waals surface area contributed by atoms with E-state index >= 15 is 0 Å². The average molecular weight is 327 g/mol. The van der Waals surface area contributed by atoms with Gasteiger partial charge in [0.25, 0.3) is 0 Å². The van der Waals surface area contributed by atoms with E-state index in [4.69, 9.17) is 9.47 Å². The summed E-state index contributed by atoms with van der Waals surface area (Å²) in [5.41, 5.74) is 0.496. The highest BCUT2D eigenvalue weighted by Crippen LogP contribution is 2.48. The summed E-state index contributed by atoms with van der Waals surface area (Å²) in [6, 6.07) is 0. The summed E-state index contributed by atoms with van der Waals surface area (Å²) in [5, 5.41) is 0.824. The highest BCUT2D eigenvalue weighted by molar-refractivity contribution is 8.06. The third kappa shape index (κ3) is 4.21. The SMILES string of the molecule is COC1CCC(C(C)(C)C2CCC(OCC3CS3)CC2)CC1. The highest BCUT2D eigenvalue weighted by Gasteiger charge is 2.40. The lowest BCUT2D eigenvalue weighted by molar-refractivity contribution is -0.0262. The van der Waals surface area contributed by atoms with Crippen molar-refractivity contribution in [3.05, 3.63) is 0 Å². The maximum absolute atomic E-state index is 6.10. The van der Waals surface area contributed by atoms with E-state index in [9.17, 15) is 0 Å². The van der Waals surface area contributed by atoms with Crippen molar-refractivity contribution in [2.45, 2.75) is 82.7 Å². The molecule has 0 aromatic carbocycles. The highest BCUT2D eigenvalue weighted by atomic mass is 32.2. The lowest BCUT2D eigenvalue weighted by atomic mass is 9.60. The molecule has 1 saturated heterocycles. The Balaban J connectivity index is 1.44. The Hall–Kier alpha value is 0.270. The van der Waals surface area contributed by atoms with Crippen molar-refractivity contribution in [1.82, 2.24) is 0 Å². The fraction of sp³-hybridized carbons (Fsp3) is 1.00. The van der Waals surface area contributed by atoms with Crippen LogP contribution in [-0.4, -0.2) is 36.9 Å². The molecule has 2 saturated carbocycles. The molecule has 0 amide bonds. The Morgan fingerprint density at radius 2 is 1.36 bits per heavy atom. The molecule has 1 unspecified atom stereocenters. The molecule has 3 rings (SSSR count). The Kier molecular flexibility index (Phi) is 5.79. The van der Waals surface area contributed by atoms with E-state index in [-0.39, 0.29) is 0 Å². The smallest absolute Gasteiger partial charge is 0.0596 e. The van der Waals surface area contributed by atoms with Gasteiger partial charge in [-0.2, -0.15) is 11.8 Å². The van der Waals surface area contributed by atoms with Crippen LogP contribution in [0.4, 0.5) is 0 Å². The Morgan fingerprint density at radius 1 is 0.864 bits per heavy atom. The van der Waals surface area contributed by atoms with Crippen molar-refractivity contribution in [2.24, 2.45) is 17.3 Å². The van der Waals surface area contributed by atoms with Crippen LogP contribution in [0.25, 0.3) is 0 Å². The van der Waals surface area contributed by atoms with Crippen LogP contribution in [0.2, 0.25) is 0 Å². The van der Waals surface area contributed by atoms with Crippen LogP contribution in [0.5, 0.6) is 0 Å². The van der Waals surface area contributed by atoms with E-state index in [0.717, 1.165) is 23.7 Å². The molecule has 3 heteroatoms. The van der Waals surface area contributed by atoms with Gasteiger partial charge in [-0.05, 0) is 68.6 Å². The molecule has 22 heavy (non-hydrogen) atoms. The predicted octanol–water partition coefficient (Wildman–Crippen LogP) is 4.91. The van der Waals surface area contributed by atoms with Crippen LogP contribution in [-0.2, 0) is 9.47 Å². The molecule has 0 N–H and O–H groups in total. The predicted molar refractivity (Wildman–Crippen MR) is 94.5 cm³/mol. The van der Waals surface area contributed by atoms with E-state index in [0.29, 0.717) is 17.6 Å². The summed E-state index contributed by atoms with van der Waals surface area (Å²) < 4.78 is 11.6. The number of hydrogen-bond donors (Lipinski definition) is 0. The standard InChI is InChI=1S/C19H34O2S/c1-19(2,14-4-8-16(20-3)9-5-14)15-6-10-17(11-7-15)21-12-18-13-22-18/h14-18H,4-13H2,1-3H3. The summed E-state index contributed by atoms with van der Waals surface area (Å²) in [4.78, 5) is 0. The van der Waals surface area contributed by atoms with Gasteiger partial charge in [0.05, 0.1) is 18.8 Å². The molecule has 0 aromatic rings. The van der Waals surface area contributed by atoms with Crippen molar-refractivity contribution < 1.29 is 9.47 Å². The molecule has 0 bridgehead atoms. The molecule has 3 aliphatic rings. The van der Waals surface area contributed by atoms with Crippen molar-refractivity contribution in [2.75, 3.05) is 19.5 Å². The fourth-order valence-electron chi connectivity index (χ4n) is 4.76. The normalized spacial score (nSPS) is 39.7. The van der Waals surface area contributed by atoms with E-state index < -0.39 is 0 Å².